The summed E-state index contributed by atoms with van der Waals surface area (Å²) in [6, 6.07) is 20.6. The molecule has 0 saturated carbocycles. The largest absolute Gasteiger partial charge is 0.455 e. The number of nitrogens with two attached hydrogens (primary N) is 2. The average molecular weight is 443 g/mol. The van der Waals surface area contributed by atoms with Gasteiger partial charge in [-0.1, -0.05) is 69.4 Å². The van der Waals surface area contributed by atoms with Crippen LogP contribution < -0.4 is 16.2 Å². The molecule has 3 aromatic rings. The Balaban J connectivity index is 1.49. The molecular weight excluding hydrogens is 408 g/mol. The highest BCUT2D eigenvalue weighted by molar-refractivity contribution is 6.06. The summed E-state index contributed by atoms with van der Waals surface area (Å²) in [4.78, 5) is 12.5. The van der Waals surface area contributed by atoms with Crippen molar-refractivity contribution in [1.29, 1.82) is 0 Å². The summed E-state index contributed by atoms with van der Waals surface area (Å²) in [5, 5.41) is 0. The van der Waals surface area contributed by atoms with E-state index in [0.29, 0.717) is 28.4 Å². The van der Waals surface area contributed by atoms with Gasteiger partial charge in [0, 0.05) is 11.3 Å². The van der Waals surface area contributed by atoms with Crippen molar-refractivity contribution in [3.63, 3.8) is 0 Å². The second-order valence-corrected chi connectivity index (χ2v) is 8.38. The smallest absolute Gasteiger partial charge is 0.185 e. The van der Waals surface area contributed by atoms with Crippen LogP contribution in [-0.4, -0.2) is 5.78 Å². The molecule has 0 aromatic heterocycles. The first-order valence-electron chi connectivity index (χ1n) is 11.8. The Morgan fingerprint density at radius 2 is 1.55 bits per heavy atom. The van der Waals surface area contributed by atoms with Gasteiger partial charge in [-0.05, 0) is 72.5 Å². The molecule has 0 aliphatic heterocycles. The Morgan fingerprint density at radius 1 is 0.848 bits per heavy atom. The molecule has 4 nitrogen and oxygen atoms in total. The number of anilines is 2. The molecule has 0 radical (unpaired) electrons. The molecular formula is C29H34N2O2. The Bertz CT molecular complexity index is 1050. The molecule has 0 fully saturated rings. The predicted octanol–water partition coefficient (Wildman–Crippen LogP) is 7.44. The van der Waals surface area contributed by atoms with Crippen LogP contribution in [0.4, 0.5) is 11.4 Å². The van der Waals surface area contributed by atoms with E-state index in [1.807, 2.05) is 6.08 Å². The summed E-state index contributed by atoms with van der Waals surface area (Å²) in [6.45, 7) is 2.25. The minimum atomic E-state index is -0.0512. The second kappa shape index (κ2) is 12.5. The second-order valence-electron chi connectivity index (χ2n) is 8.38. The fourth-order valence-corrected chi connectivity index (χ4v) is 3.65. The molecule has 3 aromatic carbocycles. The molecule has 33 heavy (non-hydrogen) atoms. The number of carbonyl (C=O) groups excluding carboxylic acids is 1. The van der Waals surface area contributed by atoms with E-state index in [-0.39, 0.29) is 5.78 Å². The summed E-state index contributed by atoms with van der Waals surface area (Å²) in [6.07, 6.45) is 12.4. The molecule has 0 unspecified atom stereocenters. The van der Waals surface area contributed by atoms with Crippen LogP contribution in [0.25, 0.3) is 6.08 Å². The van der Waals surface area contributed by atoms with E-state index < -0.39 is 0 Å². The van der Waals surface area contributed by atoms with Crippen molar-refractivity contribution in [2.24, 2.45) is 0 Å². The molecule has 0 aliphatic carbocycles. The Labute approximate surface area is 197 Å². The normalized spacial score (nSPS) is 11.1. The molecule has 3 rings (SSSR count). The minimum absolute atomic E-state index is 0.0512. The molecule has 0 heterocycles. The highest BCUT2D eigenvalue weighted by atomic mass is 16.5. The van der Waals surface area contributed by atoms with E-state index in [2.05, 4.69) is 31.2 Å². The Morgan fingerprint density at radius 3 is 2.24 bits per heavy atom. The quantitative estimate of drug-likeness (QED) is 0.132. The SMILES string of the molecule is CCCCCCCCc1ccc(/C=C/C(=O)c2ccc(Oc3ccc(N)cc3N)cc2)cc1. The summed E-state index contributed by atoms with van der Waals surface area (Å²) >= 11 is 0. The van der Waals surface area contributed by atoms with E-state index in [9.17, 15) is 4.79 Å². The molecule has 0 aliphatic rings. The van der Waals surface area contributed by atoms with Crippen LogP contribution in [0.1, 0.15) is 66.9 Å². The third-order valence-corrected chi connectivity index (χ3v) is 5.63. The van der Waals surface area contributed by atoms with Crippen molar-refractivity contribution in [3.05, 3.63) is 89.5 Å². The third-order valence-electron chi connectivity index (χ3n) is 5.63. The number of nitrogen functional groups attached to an aromatic ring is 2. The third kappa shape index (κ3) is 7.83. The van der Waals surface area contributed by atoms with Crippen LogP contribution in [0, 0.1) is 0 Å². The number of ether oxygens (including phenoxy) is 1. The lowest BCUT2D eigenvalue weighted by molar-refractivity contribution is 0.104. The maximum Gasteiger partial charge on any atom is 0.185 e. The number of allylic oxidation sites excluding steroid dienone is 1. The van der Waals surface area contributed by atoms with Crippen LogP contribution in [0.5, 0.6) is 11.5 Å². The van der Waals surface area contributed by atoms with Crippen molar-refractivity contribution in [1.82, 2.24) is 0 Å². The molecule has 0 saturated heterocycles. The van der Waals surface area contributed by atoms with Gasteiger partial charge < -0.3 is 16.2 Å². The van der Waals surface area contributed by atoms with Gasteiger partial charge in [0.05, 0.1) is 5.69 Å². The van der Waals surface area contributed by atoms with E-state index in [1.165, 1.54) is 44.1 Å². The standard InChI is InChI=1S/C29H34N2O2/c1-2-3-4-5-6-7-8-22-9-11-23(12-10-22)13-19-28(32)24-14-17-26(18-15-24)33-29-20-16-25(30)21-27(29)31/h9-21H,2-8,30-31H2,1H3/b19-13+. The van der Waals surface area contributed by atoms with Crippen LogP contribution in [-0.2, 0) is 6.42 Å². The van der Waals surface area contributed by atoms with Gasteiger partial charge in [-0.15, -0.1) is 0 Å². The summed E-state index contributed by atoms with van der Waals surface area (Å²) in [5.74, 6) is 1.08. The number of hydrogen-bond donors (Lipinski definition) is 2. The minimum Gasteiger partial charge on any atom is -0.455 e. The van der Waals surface area contributed by atoms with E-state index in [4.69, 9.17) is 16.2 Å². The fraction of sp³-hybridized carbons (Fsp3) is 0.276. The van der Waals surface area contributed by atoms with Crippen LogP contribution in [0.15, 0.2) is 72.8 Å². The first-order valence-corrected chi connectivity index (χ1v) is 11.8. The van der Waals surface area contributed by atoms with Crippen molar-refractivity contribution in [2.45, 2.75) is 51.9 Å². The van der Waals surface area contributed by atoms with Crippen LogP contribution in [0.2, 0.25) is 0 Å². The van der Waals surface area contributed by atoms with E-state index in [1.54, 1.807) is 48.5 Å². The maximum absolute atomic E-state index is 12.5. The lowest BCUT2D eigenvalue weighted by Crippen LogP contribution is -1.96. The molecule has 0 spiro atoms. The summed E-state index contributed by atoms with van der Waals surface area (Å²) in [5.41, 5.74) is 15.7. The number of hydrogen-bond acceptors (Lipinski definition) is 4. The number of rotatable bonds is 12. The number of aryl methyl sites for hydroxylation is 1. The first-order chi connectivity index (χ1) is 16.0. The molecule has 0 amide bonds. The van der Waals surface area contributed by atoms with Crippen LogP contribution in [0.3, 0.4) is 0 Å². The Kier molecular flexibility index (Phi) is 9.13. The lowest BCUT2D eigenvalue weighted by Gasteiger charge is -2.09. The highest BCUT2D eigenvalue weighted by Gasteiger charge is 2.05. The van der Waals surface area contributed by atoms with Crippen molar-refractivity contribution >= 4 is 23.2 Å². The van der Waals surface area contributed by atoms with Crippen molar-refractivity contribution in [2.75, 3.05) is 11.5 Å². The zero-order valence-electron chi connectivity index (χ0n) is 19.4. The van der Waals surface area contributed by atoms with Gasteiger partial charge >= 0.3 is 0 Å². The molecule has 4 N–H and O–H groups in total. The average Bonchev–Trinajstić information content (AvgIpc) is 2.83. The predicted molar refractivity (Wildman–Crippen MR) is 139 cm³/mol. The molecule has 172 valence electrons. The summed E-state index contributed by atoms with van der Waals surface area (Å²) < 4.78 is 5.78. The number of carbonyl (C=O) groups is 1. The van der Waals surface area contributed by atoms with Gasteiger partial charge in [0.1, 0.15) is 11.5 Å². The van der Waals surface area contributed by atoms with Gasteiger partial charge in [0.15, 0.2) is 5.78 Å². The topological polar surface area (TPSA) is 78.3 Å². The summed E-state index contributed by atoms with van der Waals surface area (Å²) in [7, 11) is 0. The number of unbranched alkanes of at least 4 members (excludes halogenated alkanes) is 5. The van der Waals surface area contributed by atoms with Crippen molar-refractivity contribution in [3.8, 4) is 11.5 Å². The van der Waals surface area contributed by atoms with Crippen LogP contribution >= 0.6 is 0 Å². The first kappa shape index (κ1) is 24.1. The fourth-order valence-electron chi connectivity index (χ4n) is 3.65. The van der Waals surface area contributed by atoms with Gasteiger partial charge in [-0.2, -0.15) is 0 Å². The van der Waals surface area contributed by atoms with E-state index in [0.717, 1.165) is 12.0 Å². The monoisotopic (exact) mass is 442 g/mol. The number of benzene rings is 3. The van der Waals surface area contributed by atoms with E-state index >= 15 is 0 Å². The van der Waals surface area contributed by atoms with Gasteiger partial charge in [-0.25, -0.2) is 0 Å². The van der Waals surface area contributed by atoms with Gasteiger partial charge in [-0.3, -0.25) is 4.79 Å². The molecule has 4 heteroatoms. The lowest BCUT2D eigenvalue weighted by atomic mass is 10.0. The zero-order valence-corrected chi connectivity index (χ0v) is 19.4. The zero-order chi connectivity index (χ0) is 23.5. The number of ketones is 1. The molecule has 0 bridgehead atoms. The van der Waals surface area contributed by atoms with Crippen molar-refractivity contribution < 1.29 is 9.53 Å². The maximum atomic E-state index is 12.5. The van der Waals surface area contributed by atoms with Gasteiger partial charge in [0.25, 0.3) is 0 Å². The molecule has 0 atom stereocenters. The highest BCUT2D eigenvalue weighted by Crippen LogP contribution is 2.29. The van der Waals surface area contributed by atoms with Gasteiger partial charge in [0.2, 0.25) is 0 Å². The Hall–Kier alpha value is -3.53.